The quantitative estimate of drug-likeness (QED) is 0.770. The Morgan fingerprint density at radius 1 is 1.06 bits per heavy atom. The zero-order valence-corrected chi connectivity index (χ0v) is 18.6. The summed E-state index contributed by atoms with van der Waals surface area (Å²) in [6.07, 6.45) is 7.91. The van der Waals surface area contributed by atoms with E-state index in [4.69, 9.17) is 9.47 Å². The normalized spacial score (nSPS) is 21.5. The molecule has 1 atom stereocenters. The third-order valence-electron chi connectivity index (χ3n) is 6.83. The van der Waals surface area contributed by atoms with E-state index in [2.05, 4.69) is 43.3 Å². The third-order valence-corrected chi connectivity index (χ3v) is 6.83. The van der Waals surface area contributed by atoms with Gasteiger partial charge in [-0.2, -0.15) is 0 Å². The Bertz CT molecular complexity index is 943. The Morgan fingerprint density at radius 3 is 2.56 bits per heavy atom. The number of carbonyl (C=O) groups excluding carboxylic acids is 1. The summed E-state index contributed by atoms with van der Waals surface area (Å²) < 4.78 is 11.5. The molecule has 0 unspecified atom stereocenters. The predicted octanol–water partition coefficient (Wildman–Crippen LogP) is 2.66. The minimum atomic E-state index is -0.159. The number of anilines is 1. The molecule has 0 spiro atoms. The SMILES string of the molecule is CNC(=O)c1cnc(N2CCC(CN3CCC[C@@H]3c3ccc4c(c3)OCCO4)CC2)nc1. The van der Waals surface area contributed by atoms with Crippen LogP contribution in [0.5, 0.6) is 11.5 Å². The van der Waals surface area contributed by atoms with Crippen LogP contribution in [-0.4, -0.2) is 67.2 Å². The van der Waals surface area contributed by atoms with E-state index in [0.29, 0.717) is 36.7 Å². The molecule has 2 fully saturated rings. The van der Waals surface area contributed by atoms with Crippen LogP contribution in [0.1, 0.15) is 47.6 Å². The van der Waals surface area contributed by atoms with Gasteiger partial charge >= 0.3 is 0 Å². The number of carbonyl (C=O) groups is 1. The Morgan fingerprint density at radius 2 is 1.81 bits per heavy atom. The number of nitrogens with one attached hydrogen (secondary N) is 1. The van der Waals surface area contributed by atoms with Crippen LogP contribution in [0.25, 0.3) is 0 Å². The summed E-state index contributed by atoms with van der Waals surface area (Å²) >= 11 is 0. The third kappa shape index (κ3) is 4.37. The Balaban J connectivity index is 1.17. The Kier molecular flexibility index (Phi) is 6.12. The van der Waals surface area contributed by atoms with Gasteiger partial charge in [-0.3, -0.25) is 9.69 Å². The first-order valence-corrected chi connectivity index (χ1v) is 11.6. The molecule has 1 aromatic carbocycles. The fraction of sp³-hybridized carbons (Fsp3) is 0.542. The van der Waals surface area contributed by atoms with E-state index in [9.17, 15) is 4.79 Å². The van der Waals surface area contributed by atoms with Crippen molar-refractivity contribution >= 4 is 11.9 Å². The molecule has 1 N–H and O–H groups in total. The minimum Gasteiger partial charge on any atom is -0.486 e. The van der Waals surface area contributed by atoms with Gasteiger partial charge in [-0.25, -0.2) is 9.97 Å². The van der Waals surface area contributed by atoms with Crippen molar-refractivity contribution in [1.29, 1.82) is 0 Å². The molecule has 32 heavy (non-hydrogen) atoms. The lowest BCUT2D eigenvalue weighted by Gasteiger charge is -2.35. The second-order valence-corrected chi connectivity index (χ2v) is 8.84. The van der Waals surface area contributed by atoms with Crippen LogP contribution in [0, 0.1) is 5.92 Å². The molecule has 170 valence electrons. The minimum absolute atomic E-state index is 0.159. The summed E-state index contributed by atoms with van der Waals surface area (Å²) in [6, 6.07) is 6.91. The van der Waals surface area contributed by atoms with E-state index in [0.717, 1.165) is 50.5 Å². The summed E-state index contributed by atoms with van der Waals surface area (Å²) in [6.45, 7) is 5.44. The van der Waals surface area contributed by atoms with Crippen LogP contribution in [0.3, 0.4) is 0 Å². The Hall–Kier alpha value is -2.87. The van der Waals surface area contributed by atoms with Gasteiger partial charge in [-0.15, -0.1) is 0 Å². The van der Waals surface area contributed by atoms with Crippen molar-refractivity contribution in [2.24, 2.45) is 5.92 Å². The number of likely N-dealkylation sites (tertiary alicyclic amines) is 1. The first-order valence-electron chi connectivity index (χ1n) is 11.6. The molecule has 0 bridgehead atoms. The largest absolute Gasteiger partial charge is 0.486 e. The summed E-state index contributed by atoms with van der Waals surface area (Å²) in [7, 11) is 1.61. The highest BCUT2D eigenvalue weighted by Crippen LogP contribution is 2.39. The van der Waals surface area contributed by atoms with E-state index < -0.39 is 0 Å². The van der Waals surface area contributed by atoms with Crippen molar-refractivity contribution < 1.29 is 14.3 Å². The summed E-state index contributed by atoms with van der Waals surface area (Å²) in [5.74, 6) is 2.98. The van der Waals surface area contributed by atoms with Gasteiger partial charge < -0.3 is 19.7 Å². The van der Waals surface area contributed by atoms with Crippen LogP contribution < -0.4 is 19.7 Å². The number of ether oxygens (including phenoxy) is 2. The summed E-state index contributed by atoms with van der Waals surface area (Å²) in [5.41, 5.74) is 1.83. The van der Waals surface area contributed by atoms with Gasteiger partial charge in [0.05, 0.1) is 5.56 Å². The highest BCUT2D eigenvalue weighted by molar-refractivity contribution is 5.93. The number of aromatic nitrogens is 2. The van der Waals surface area contributed by atoms with E-state index in [1.807, 2.05) is 0 Å². The molecule has 2 aromatic rings. The standard InChI is InChI=1S/C24H31N5O3/c1-25-23(30)19-14-26-24(27-15-19)28-9-6-17(7-10-28)16-29-8-2-3-20(29)18-4-5-21-22(13-18)32-12-11-31-21/h4-5,13-15,17,20H,2-3,6-12,16H2,1H3,(H,25,30)/t20-/m1/s1. The zero-order valence-electron chi connectivity index (χ0n) is 18.6. The van der Waals surface area contributed by atoms with E-state index in [1.54, 1.807) is 19.4 Å². The van der Waals surface area contributed by atoms with Crippen molar-refractivity contribution in [1.82, 2.24) is 20.2 Å². The average molecular weight is 438 g/mol. The number of amides is 1. The molecule has 5 rings (SSSR count). The zero-order chi connectivity index (χ0) is 21.9. The molecule has 1 amide bonds. The van der Waals surface area contributed by atoms with Gasteiger partial charge in [0, 0.05) is 45.1 Å². The predicted molar refractivity (Wildman–Crippen MR) is 121 cm³/mol. The summed E-state index contributed by atoms with van der Waals surface area (Å²) in [5, 5.41) is 2.60. The number of fused-ring (bicyclic) bond motifs is 1. The van der Waals surface area contributed by atoms with Crippen LogP contribution in [-0.2, 0) is 0 Å². The summed E-state index contributed by atoms with van der Waals surface area (Å²) in [4.78, 5) is 25.4. The first-order chi connectivity index (χ1) is 15.7. The molecule has 1 aromatic heterocycles. The first kappa shape index (κ1) is 21.0. The number of piperidine rings is 1. The van der Waals surface area contributed by atoms with E-state index in [1.165, 1.54) is 18.4 Å². The van der Waals surface area contributed by atoms with Crippen molar-refractivity contribution in [3.8, 4) is 11.5 Å². The molecule has 3 aliphatic heterocycles. The molecular weight excluding hydrogens is 406 g/mol. The van der Waals surface area contributed by atoms with Gasteiger partial charge in [0.25, 0.3) is 5.91 Å². The molecule has 8 heteroatoms. The lowest BCUT2D eigenvalue weighted by Crippen LogP contribution is -2.39. The van der Waals surface area contributed by atoms with Crippen molar-refractivity contribution in [3.05, 3.63) is 41.7 Å². The van der Waals surface area contributed by atoms with E-state index >= 15 is 0 Å². The number of nitrogens with zero attached hydrogens (tertiary/aromatic N) is 4. The number of hydrogen-bond donors (Lipinski definition) is 1. The fourth-order valence-corrected chi connectivity index (χ4v) is 5.08. The maximum Gasteiger partial charge on any atom is 0.254 e. The van der Waals surface area contributed by atoms with Crippen molar-refractivity contribution in [3.63, 3.8) is 0 Å². The molecular formula is C24H31N5O3. The monoisotopic (exact) mass is 437 g/mol. The van der Waals surface area contributed by atoms with Crippen molar-refractivity contribution in [2.75, 3.05) is 51.3 Å². The number of benzene rings is 1. The molecule has 4 heterocycles. The second-order valence-electron chi connectivity index (χ2n) is 8.84. The van der Waals surface area contributed by atoms with Crippen LogP contribution in [0.2, 0.25) is 0 Å². The Labute approximate surface area is 188 Å². The average Bonchev–Trinajstić information content (AvgIpc) is 3.32. The maximum absolute atomic E-state index is 11.7. The molecule has 8 nitrogen and oxygen atoms in total. The number of hydrogen-bond acceptors (Lipinski definition) is 7. The smallest absolute Gasteiger partial charge is 0.254 e. The lowest BCUT2D eigenvalue weighted by atomic mass is 9.95. The molecule has 3 aliphatic rings. The highest BCUT2D eigenvalue weighted by atomic mass is 16.6. The fourth-order valence-electron chi connectivity index (χ4n) is 5.08. The van der Waals surface area contributed by atoms with Crippen LogP contribution in [0.15, 0.2) is 30.6 Å². The molecule has 0 aliphatic carbocycles. The second kappa shape index (κ2) is 9.32. The molecule has 0 saturated carbocycles. The van der Waals surface area contributed by atoms with Gasteiger partial charge in [-0.05, 0) is 55.8 Å². The van der Waals surface area contributed by atoms with Crippen molar-refractivity contribution in [2.45, 2.75) is 31.7 Å². The van der Waals surface area contributed by atoms with Gasteiger partial charge in [-0.1, -0.05) is 6.07 Å². The van der Waals surface area contributed by atoms with Gasteiger partial charge in [0.2, 0.25) is 5.95 Å². The van der Waals surface area contributed by atoms with Crippen LogP contribution in [0.4, 0.5) is 5.95 Å². The van der Waals surface area contributed by atoms with Gasteiger partial charge in [0.1, 0.15) is 13.2 Å². The maximum atomic E-state index is 11.7. The topological polar surface area (TPSA) is 79.8 Å². The highest BCUT2D eigenvalue weighted by Gasteiger charge is 2.31. The number of rotatable bonds is 5. The van der Waals surface area contributed by atoms with E-state index in [-0.39, 0.29) is 5.91 Å². The van der Waals surface area contributed by atoms with Crippen LogP contribution >= 0.6 is 0 Å². The lowest BCUT2D eigenvalue weighted by molar-refractivity contribution is 0.0962. The molecule has 2 saturated heterocycles. The van der Waals surface area contributed by atoms with Gasteiger partial charge in [0.15, 0.2) is 11.5 Å². The molecule has 0 radical (unpaired) electrons.